The lowest BCUT2D eigenvalue weighted by Gasteiger charge is -2.07. The second-order valence-corrected chi connectivity index (χ2v) is 5.12. The number of amides is 1. The van der Waals surface area contributed by atoms with Crippen LogP contribution in [0.5, 0.6) is 5.75 Å². The van der Waals surface area contributed by atoms with Crippen molar-refractivity contribution in [3.05, 3.63) is 72.0 Å². The number of nitrogens with zero attached hydrogens (tertiary/aromatic N) is 2. The van der Waals surface area contributed by atoms with E-state index in [-0.39, 0.29) is 11.7 Å². The molecular formula is C18H15FN4O2. The Balaban J connectivity index is 1.65. The van der Waals surface area contributed by atoms with Gasteiger partial charge in [0.05, 0.1) is 7.11 Å². The third-order valence-electron chi connectivity index (χ3n) is 3.35. The maximum atomic E-state index is 12.9. The molecule has 0 aliphatic heterocycles. The van der Waals surface area contributed by atoms with E-state index in [1.54, 1.807) is 48.5 Å². The molecule has 3 aromatic rings. The second-order valence-electron chi connectivity index (χ2n) is 5.12. The van der Waals surface area contributed by atoms with Crippen LogP contribution < -0.4 is 15.4 Å². The number of carbonyl (C=O) groups excluding carboxylic acids is 1. The first kappa shape index (κ1) is 16.4. The van der Waals surface area contributed by atoms with E-state index in [2.05, 4.69) is 20.8 Å². The van der Waals surface area contributed by atoms with Gasteiger partial charge in [0.15, 0.2) is 11.6 Å². The summed E-state index contributed by atoms with van der Waals surface area (Å²) in [4.78, 5) is 12.2. The molecule has 0 unspecified atom stereocenters. The van der Waals surface area contributed by atoms with Crippen molar-refractivity contribution < 1.29 is 13.9 Å². The van der Waals surface area contributed by atoms with Gasteiger partial charge in [-0.3, -0.25) is 4.79 Å². The highest BCUT2D eigenvalue weighted by atomic mass is 19.1. The largest absolute Gasteiger partial charge is 0.497 e. The minimum absolute atomic E-state index is 0.313. The van der Waals surface area contributed by atoms with Crippen molar-refractivity contribution in [2.45, 2.75) is 0 Å². The predicted octanol–water partition coefficient (Wildman–Crippen LogP) is 3.62. The number of benzene rings is 2. The molecule has 0 spiro atoms. The van der Waals surface area contributed by atoms with Crippen LogP contribution in [0.3, 0.4) is 0 Å². The highest BCUT2D eigenvalue weighted by molar-refractivity contribution is 6.03. The zero-order valence-corrected chi connectivity index (χ0v) is 13.4. The highest BCUT2D eigenvalue weighted by Gasteiger charge is 2.08. The van der Waals surface area contributed by atoms with Crippen LogP contribution >= 0.6 is 0 Å². The molecule has 0 saturated carbocycles. The number of carbonyl (C=O) groups is 1. The molecule has 0 aliphatic carbocycles. The summed E-state index contributed by atoms with van der Waals surface area (Å²) in [5.74, 6) is 0.765. The average Bonchev–Trinajstić information content (AvgIpc) is 2.65. The van der Waals surface area contributed by atoms with Gasteiger partial charge in [-0.25, -0.2) is 4.39 Å². The number of anilines is 3. The summed E-state index contributed by atoms with van der Waals surface area (Å²) in [6.45, 7) is 0. The van der Waals surface area contributed by atoms with Gasteiger partial charge in [0, 0.05) is 11.3 Å². The Morgan fingerprint density at radius 3 is 2.40 bits per heavy atom. The monoisotopic (exact) mass is 338 g/mol. The fraction of sp³-hybridized carbons (Fsp3) is 0.0556. The molecule has 126 valence electrons. The van der Waals surface area contributed by atoms with Crippen LogP contribution in [0.25, 0.3) is 0 Å². The standard InChI is InChI=1S/C18H15FN4O2/c1-25-15-4-2-3-12(11-15)18(24)21-17-10-9-16(22-23-17)20-14-7-5-13(19)6-8-14/h2-11H,1H3,(H,20,22)(H,21,23,24). The van der Waals surface area contributed by atoms with Crippen LogP contribution in [-0.2, 0) is 0 Å². The van der Waals surface area contributed by atoms with Crippen molar-refractivity contribution in [1.82, 2.24) is 10.2 Å². The van der Waals surface area contributed by atoms with Crippen molar-refractivity contribution in [3.8, 4) is 5.75 Å². The van der Waals surface area contributed by atoms with Gasteiger partial charge in [-0.15, -0.1) is 10.2 Å². The van der Waals surface area contributed by atoms with Crippen LogP contribution in [0, 0.1) is 5.82 Å². The maximum absolute atomic E-state index is 12.9. The van der Waals surface area contributed by atoms with Gasteiger partial charge in [0.25, 0.3) is 5.91 Å². The molecular weight excluding hydrogens is 323 g/mol. The summed E-state index contributed by atoms with van der Waals surface area (Å²) < 4.78 is 18.0. The molecule has 1 aromatic heterocycles. The first-order chi connectivity index (χ1) is 12.1. The minimum Gasteiger partial charge on any atom is -0.497 e. The number of hydrogen-bond acceptors (Lipinski definition) is 5. The van der Waals surface area contributed by atoms with Gasteiger partial charge in [-0.05, 0) is 54.6 Å². The molecule has 0 bridgehead atoms. The number of hydrogen-bond donors (Lipinski definition) is 2. The van der Waals surface area contributed by atoms with Crippen molar-refractivity contribution in [2.24, 2.45) is 0 Å². The third kappa shape index (κ3) is 4.29. The van der Waals surface area contributed by atoms with Gasteiger partial charge in [0.2, 0.25) is 0 Å². The van der Waals surface area contributed by atoms with Gasteiger partial charge < -0.3 is 15.4 Å². The van der Waals surface area contributed by atoms with Gasteiger partial charge in [-0.2, -0.15) is 0 Å². The molecule has 0 atom stereocenters. The Labute approximate surface area is 143 Å². The Hall–Kier alpha value is -3.48. The third-order valence-corrected chi connectivity index (χ3v) is 3.35. The minimum atomic E-state index is -0.313. The van der Waals surface area contributed by atoms with Crippen LogP contribution in [-0.4, -0.2) is 23.2 Å². The van der Waals surface area contributed by atoms with Gasteiger partial charge in [0.1, 0.15) is 11.6 Å². The van der Waals surface area contributed by atoms with Gasteiger partial charge in [-0.1, -0.05) is 6.07 Å². The highest BCUT2D eigenvalue weighted by Crippen LogP contribution is 2.16. The van der Waals surface area contributed by atoms with E-state index in [1.807, 2.05) is 0 Å². The quantitative estimate of drug-likeness (QED) is 0.743. The topological polar surface area (TPSA) is 76.1 Å². The molecule has 1 heterocycles. The van der Waals surface area contributed by atoms with Crippen molar-refractivity contribution in [2.75, 3.05) is 17.7 Å². The lowest BCUT2D eigenvalue weighted by atomic mass is 10.2. The van der Waals surface area contributed by atoms with Crippen LogP contribution in [0.2, 0.25) is 0 Å². The molecule has 0 aliphatic rings. The summed E-state index contributed by atoms with van der Waals surface area (Å²) >= 11 is 0. The Kier molecular flexibility index (Phi) is 4.84. The SMILES string of the molecule is COc1cccc(C(=O)Nc2ccc(Nc3ccc(F)cc3)nn2)c1. The van der Waals surface area contributed by atoms with E-state index >= 15 is 0 Å². The zero-order valence-electron chi connectivity index (χ0n) is 13.4. The Bertz CT molecular complexity index is 867. The summed E-state index contributed by atoms with van der Waals surface area (Å²) in [5.41, 5.74) is 1.14. The molecule has 6 nitrogen and oxygen atoms in total. The van der Waals surface area contributed by atoms with Crippen molar-refractivity contribution in [3.63, 3.8) is 0 Å². The number of aromatic nitrogens is 2. The maximum Gasteiger partial charge on any atom is 0.256 e. The van der Waals surface area contributed by atoms with E-state index in [1.165, 1.54) is 19.2 Å². The van der Waals surface area contributed by atoms with Crippen molar-refractivity contribution >= 4 is 23.2 Å². The van der Waals surface area contributed by atoms with Crippen LogP contribution in [0.4, 0.5) is 21.7 Å². The molecule has 7 heteroatoms. The molecule has 0 fully saturated rings. The average molecular weight is 338 g/mol. The molecule has 0 radical (unpaired) electrons. The summed E-state index contributed by atoms with van der Waals surface area (Å²) in [7, 11) is 1.54. The smallest absolute Gasteiger partial charge is 0.256 e. The summed E-state index contributed by atoms with van der Waals surface area (Å²) in [5, 5.41) is 13.6. The number of nitrogens with one attached hydrogen (secondary N) is 2. The molecule has 3 rings (SSSR count). The normalized spacial score (nSPS) is 10.2. The first-order valence-electron chi connectivity index (χ1n) is 7.46. The van der Waals surface area contributed by atoms with E-state index in [0.717, 1.165) is 0 Å². The second kappa shape index (κ2) is 7.39. The van der Waals surface area contributed by atoms with E-state index in [4.69, 9.17) is 4.74 Å². The zero-order chi connectivity index (χ0) is 17.6. The van der Waals surface area contributed by atoms with E-state index in [9.17, 15) is 9.18 Å². The molecule has 1 amide bonds. The Morgan fingerprint density at radius 1 is 1.00 bits per heavy atom. The van der Waals surface area contributed by atoms with Crippen LogP contribution in [0.1, 0.15) is 10.4 Å². The van der Waals surface area contributed by atoms with Crippen molar-refractivity contribution in [1.29, 1.82) is 0 Å². The summed E-state index contributed by atoms with van der Waals surface area (Å²) in [6, 6.07) is 16.0. The fourth-order valence-corrected chi connectivity index (χ4v) is 2.10. The first-order valence-corrected chi connectivity index (χ1v) is 7.46. The summed E-state index contributed by atoms with van der Waals surface area (Å²) in [6.07, 6.45) is 0. The van der Waals surface area contributed by atoms with Gasteiger partial charge >= 0.3 is 0 Å². The number of ether oxygens (including phenoxy) is 1. The molecule has 0 saturated heterocycles. The van der Waals surface area contributed by atoms with E-state index < -0.39 is 0 Å². The lowest BCUT2D eigenvalue weighted by Crippen LogP contribution is -2.13. The number of rotatable bonds is 5. The molecule has 2 N–H and O–H groups in total. The Morgan fingerprint density at radius 2 is 1.72 bits per heavy atom. The number of methoxy groups -OCH3 is 1. The van der Waals surface area contributed by atoms with Crippen LogP contribution in [0.15, 0.2) is 60.7 Å². The van der Waals surface area contributed by atoms with E-state index in [0.29, 0.717) is 28.6 Å². The molecule has 25 heavy (non-hydrogen) atoms. The molecule has 2 aromatic carbocycles. The number of halogens is 1. The lowest BCUT2D eigenvalue weighted by molar-refractivity contribution is 0.102. The fourth-order valence-electron chi connectivity index (χ4n) is 2.10. The predicted molar refractivity (Wildman–Crippen MR) is 92.7 cm³/mol.